The molecule has 1 saturated heterocycles. The van der Waals surface area contributed by atoms with E-state index in [0.29, 0.717) is 18.7 Å². The van der Waals surface area contributed by atoms with Crippen LogP contribution in [0.4, 0.5) is 0 Å². The quantitative estimate of drug-likeness (QED) is 0.669. The first-order chi connectivity index (χ1) is 13.6. The lowest BCUT2D eigenvalue weighted by Gasteiger charge is -2.31. The second kappa shape index (κ2) is 8.06. The number of para-hydroxylation sites is 2. The van der Waals surface area contributed by atoms with Crippen molar-refractivity contribution in [3.05, 3.63) is 60.0 Å². The zero-order valence-corrected chi connectivity index (χ0v) is 16.2. The van der Waals surface area contributed by atoms with Gasteiger partial charge in [0, 0.05) is 23.9 Å². The number of hydrogen-bond acceptors (Lipinski definition) is 5. The number of fused-ring (bicyclic) bond motifs is 1. The molecule has 0 bridgehead atoms. The normalized spacial score (nSPS) is 15.1. The van der Waals surface area contributed by atoms with Crippen molar-refractivity contribution in [1.82, 2.24) is 9.88 Å². The Balaban J connectivity index is 1.43. The number of primary amides is 1. The summed E-state index contributed by atoms with van der Waals surface area (Å²) in [6, 6.07) is 15.1. The third kappa shape index (κ3) is 3.89. The van der Waals surface area contributed by atoms with Gasteiger partial charge in [0.05, 0.1) is 11.3 Å². The van der Waals surface area contributed by atoms with Gasteiger partial charge in [0.1, 0.15) is 5.52 Å². The van der Waals surface area contributed by atoms with Gasteiger partial charge in [-0.25, -0.2) is 4.98 Å². The maximum absolute atomic E-state index is 13.0. The topological polar surface area (TPSA) is 89.4 Å². The van der Waals surface area contributed by atoms with Crippen LogP contribution in [-0.2, 0) is 4.79 Å². The van der Waals surface area contributed by atoms with Crippen LogP contribution in [0.5, 0.6) is 0 Å². The Morgan fingerprint density at radius 2 is 1.82 bits per heavy atom. The lowest BCUT2D eigenvalue weighted by Crippen LogP contribution is -2.38. The summed E-state index contributed by atoms with van der Waals surface area (Å²) in [6.45, 7) is 1.30. The van der Waals surface area contributed by atoms with Crippen LogP contribution in [0.15, 0.2) is 57.8 Å². The van der Waals surface area contributed by atoms with E-state index >= 15 is 0 Å². The lowest BCUT2D eigenvalue weighted by atomic mass is 9.96. The minimum absolute atomic E-state index is 0.0106. The third-order valence-corrected chi connectivity index (χ3v) is 6.03. The number of oxazole rings is 1. The first-order valence-corrected chi connectivity index (χ1v) is 10.3. The van der Waals surface area contributed by atoms with Crippen LogP contribution < -0.4 is 5.73 Å². The molecule has 144 valence electrons. The van der Waals surface area contributed by atoms with E-state index in [1.54, 1.807) is 6.07 Å². The van der Waals surface area contributed by atoms with E-state index in [0.717, 1.165) is 34.7 Å². The Morgan fingerprint density at radius 3 is 2.57 bits per heavy atom. The van der Waals surface area contributed by atoms with E-state index in [1.165, 1.54) is 11.8 Å². The number of benzene rings is 2. The minimum atomic E-state index is -0.397. The maximum atomic E-state index is 13.0. The second-order valence-electron chi connectivity index (χ2n) is 6.84. The van der Waals surface area contributed by atoms with Crippen molar-refractivity contribution in [2.24, 2.45) is 5.73 Å². The monoisotopic (exact) mass is 395 g/mol. The van der Waals surface area contributed by atoms with Crippen molar-refractivity contribution >= 4 is 34.7 Å². The van der Waals surface area contributed by atoms with Gasteiger partial charge >= 0.3 is 0 Å². The molecule has 2 amide bonds. The van der Waals surface area contributed by atoms with Crippen LogP contribution in [0.2, 0.25) is 0 Å². The van der Waals surface area contributed by atoms with Gasteiger partial charge in [0.2, 0.25) is 5.91 Å². The Morgan fingerprint density at radius 1 is 1.11 bits per heavy atom. The van der Waals surface area contributed by atoms with Crippen molar-refractivity contribution in [2.45, 2.75) is 23.7 Å². The van der Waals surface area contributed by atoms with Gasteiger partial charge in [-0.15, -0.1) is 11.8 Å². The molecule has 0 aliphatic carbocycles. The third-order valence-electron chi connectivity index (χ3n) is 4.93. The van der Waals surface area contributed by atoms with Gasteiger partial charge in [-0.3, -0.25) is 9.59 Å². The number of carbonyl (C=O) groups excluding carboxylic acids is 2. The Bertz CT molecular complexity index is 976. The summed E-state index contributed by atoms with van der Waals surface area (Å²) in [5, 5.41) is 0. The fourth-order valence-electron chi connectivity index (χ4n) is 3.48. The summed E-state index contributed by atoms with van der Waals surface area (Å²) in [6.07, 6.45) is 1.63. The molecule has 0 atom stereocenters. The molecule has 1 fully saturated rings. The van der Waals surface area contributed by atoms with Gasteiger partial charge in [-0.2, -0.15) is 0 Å². The fourth-order valence-corrected chi connectivity index (χ4v) is 4.27. The number of nitrogens with zero attached hydrogens (tertiary/aromatic N) is 2. The molecule has 7 heteroatoms. The SMILES string of the molecule is NC(=O)CSc1ccccc1C(=O)N1CCC(c2nc3ccccc3o2)CC1. The number of aromatic nitrogens is 1. The molecule has 2 N–H and O–H groups in total. The molecule has 4 rings (SSSR count). The molecule has 1 aliphatic rings. The number of piperidine rings is 1. The molecular formula is C21H21N3O3S. The average Bonchev–Trinajstić information content (AvgIpc) is 3.16. The maximum Gasteiger partial charge on any atom is 0.254 e. The first-order valence-electron chi connectivity index (χ1n) is 9.26. The van der Waals surface area contributed by atoms with Crippen molar-refractivity contribution < 1.29 is 14.0 Å². The Labute approximate surface area is 167 Å². The van der Waals surface area contributed by atoms with Gasteiger partial charge in [-0.1, -0.05) is 24.3 Å². The summed E-state index contributed by atoms with van der Waals surface area (Å²) >= 11 is 1.30. The predicted molar refractivity (Wildman–Crippen MR) is 108 cm³/mol. The van der Waals surface area contributed by atoms with Gasteiger partial charge < -0.3 is 15.1 Å². The van der Waals surface area contributed by atoms with Crippen molar-refractivity contribution in [3.63, 3.8) is 0 Å². The number of rotatable bonds is 5. The highest BCUT2D eigenvalue weighted by Gasteiger charge is 2.28. The molecule has 0 saturated carbocycles. The highest BCUT2D eigenvalue weighted by atomic mass is 32.2. The summed E-state index contributed by atoms with van der Waals surface area (Å²) in [4.78, 5) is 31.3. The predicted octanol–water partition coefficient (Wildman–Crippen LogP) is 3.43. The number of likely N-dealkylation sites (tertiary alicyclic amines) is 1. The summed E-state index contributed by atoms with van der Waals surface area (Å²) in [5.41, 5.74) is 7.53. The number of hydrogen-bond donors (Lipinski definition) is 1. The van der Waals surface area contributed by atoms with E-state index in [9.17, 15) is 9.59 Å². The van der Waals surface area contributed by atoms with Crippen LogP contribution in [-0.4, -0.2) is 40.5 Å². The second-order valence-corrected chi connectivity index (χ2v) is 7.85. The summed E-state index contributed by atoms with van der Waals surface area (Å²) in [7, 11) is 0. The van der Waals surface area contributed by atoms with Crippen LogP contribution >= 0.6 is 11.8 Å². The molecule has 6 nitrogen and oxygen atoms in total. The van der Waals surface area contributed by atoms with Crippen LogP contribution in [0.3, 0.4) is 0 Å². The van der Waals surface area contributed by atoms with Crippen molar-refractivity contribution in [3.8, 4) is 0 Å². The fraction of sp³-hybridized carbons (Fsp3) is 0.286. The molecule has 1 aliphatic heterocycles. The Kier molecular flexibility index (Phi) is 5.34. The van der Waals surface area contributed by atoms with Gasteiger partial charge in [0.15, 0.2) is 11.5 Å². The highest BCUT2D eigenvalue weighted by Crippen LogP contribution is 2.31. The zero-order chi connectivity index (χ0) is 19.5. The summed E-state index contributed by atoms with van der Waals surface area (Å²) in [5.74, 6) is 0.723. The van der Waals surface area contributed by atoms with E-state index in [1.807, 2.05) is 47.4 Å². The standard InChI is InChI=1S/C21H21N3O3S/c22-19(25)13-28-18-8-4-1-5-15(18)21(26)24-11-9-14(10-12-24)20-23-16-6-2-3-7-17(16)27-20/h1-8,14H,9-13H2,(H2,22,25). The number of thioether (sulfide) groups is 1. The number of carbonyl (C=O) groups is 2. The van der Waals surface area contributed by atoms with E-state index in [4.69, 9.17) is 10.2 Å². The van der Waals surface area contributed by atoms with Crippen LogP contribution in [0.1, 0.15) is 35.0 Å². The molecular weight excluding hydrogens is 374 g/mol. The molecule has 2 heterocycles. The van der Waals surface area contributed by atoms with Crippen molar-refractivity contribution in [1.29, 1.82) is 0 Å². The molecule has 0 spiro atoms. The molecule has 3 aromatic rings. The van der Waals surface area contributed by atoms with Crippen LogP contribution in [0, 0.1) is 0 Å². The molecule has 0 radical (unpaired) electrons. The molecule has 1 aromatic heterocycles. The van der Waals surface area contributed by atoms with Crippen molar-refractivity contribution in [2.75, 3.05) is 18.8 Å². The van der Waals surface area contributed by atoms with E-state index in [-0.39, 0.29) is 17.6 Å². The smallest absolute Gasteiger partial charge is 0.254 e. The van der Waals surface area contributed by atoms with Crippen LogP contribution in [0.25, 0.3) is 11.1 Å². The van der Waals surface area contributed by atoms with E-state index in [2.05, 4.69) is 4.98 Å². The largest absolute Gasteiger partial charge is 0.440 e. The number of nitrogens with two attached hydrogens (primary N) is 1. The minimum Gasteiger partial charge on any atom is -0.440 e. The molecule has 2 aromatic carbocycles. The first kappa shape index (κ1) is 18.6. The number of amides is 2. The average molecular weight is 395 g/mol. The summed E-state index contributed by atoms with van der Waals surface area (Å²) < 4.78 is 5.90. The molecule has 0 unspecified atom stereocenters. The highest BCUT2D eigenvalue weighted by molar-refractivity contribution is 8.00. The zero-order valence-electron chi connectivity index (χ0n) is 15.3. The Hall–Kier alpha value is -2.80. The van der Waals surface area contributed by atoms with E-state index < -0.39 is 5.91 Å². The van der Waals surface area contributed by atoms with Gasteiger partial charge in [-0.05, 0) is 37.1 Å². The molecule has 28 heavy (non-hydrogen) atoms. The van der Waals surface area contributed by atoms with Gasteiger partial charge in [0.25, 0.3) is 5.91 Å². The lowest BCUT2D eigenvalue weighted by molar-refractivity contribution is -0.115.